The average molecular weight is 547 g/mol. The second-order valence-corrected chi connectivity index (χ2v) is 10.2. The van der Waals surface area contributed by atoms with Gasteiger partial charge in [-0.3, -0.25) is 19.6 Å². The van der Waals surface area contributed by atoms with E-state index in [0.717, 1.165) is 0 Å². The van der Waals surface area contributed by atoms with Gasteiger partial charge in [0.1, 0.15) is 17.0 Å². The lowest BCUT2D eigenvalue weighted by Crippen LogP contribution is -2.39. The summed E-state index contributed by atoms with van der Waals surface area (Å²) in [6.07, 6.45) is -2.66. The molecule has 1 saturated heterocycles. The summed E-state index contributed by atoms with van der Waals surface area (Å²) in [7, 11) is 0. The van der Waals surface area contributed by atoms with E-state index in [1.54, 1.807) is 31.5 Å². The molecular formula is C26H29F3N6O4. The molecule has 3 atom stereocenters. The molecule has 208 valence electrons. The van der Waals surface area contributed by atoms with Gasteiger partial charge in [0.05, 0.1) is 36.7 Å². The molecule has 1 aliphatic heterocycles. The molecule has 3 N–H and O–H groups in total. The Bertz CT molecular complexity index is 1420. The van der Waals surface area contributed by atoms with Gasteiger partial charge in [0.2, 0.25) is 0 Å². The average Bonchev–Trinajstić information content (AvgIpc) is 3.22. The molecule has 3 heterocycles. The first kappa shape index (κ1) is 28.1. The largest absolute Gasteiger partial charge is 0.459 e. The molecule has 1 aliphatic rings. The highest BCUT2D eigenvalue weighted by Crippen LogP contribution is 2.35. The highest BCUT2D eigenvalue weighted by molar-refractivity contribution is 5.91. The number of hydrogen-bond donors (Lipinski definition) is 3. The van der Waals surface area contributed by atoms with Gasteiger partial charge in [0.25, 0.3) is 5.56 Å². The van der Waals surface area contributed by atoms with Crippen LogP contribution < -0.4 is 16.2 Å². The molecule has 39 heavy (non-hydrogen) atoms. The normalized spacial score (nSPS) is 18.9. The fourth-order valence-electron chi connectivity index (χ4n) is 4.44. The van der Waals surface area contributed by atoms with Crippen molar-refractivity contribution in [3.8, 4) is 6.07 Å². The number of fused-ring (bicyclic) bond motifs is 1. The lowest BCUT2D eigenvalue weighted by molar-refractivity contribution is -0.164. The van der Waals surface area contributed by atoms with Crippen LogP contribution in [0.5, 0.6) is 0 Å². The number of nitrogens with zero attached hydrogens (tertiary/aromatic N) is 3. The van der Waals surface area contributed by atoms with Crippen molar-refractivity contribution in [1.82, 2.24) is 20.1 Å². The number of ether oxygens (including phenoxy) is 2. The van der Waals surface area contributed by atoms with Crippen molar-refractivity contribution in [2.24, 2.45) is 5.92 Å². The summed E-state index contributed by atoms with van der Waals surface area (Å²) in [5.41, 5.74) is -0.457. The van der Waals surface area contributed by atoms with Gasteiger partial charge >= 0.3 is 12.1 Å². The zero-order valence-electron chi connectivity index (χ0n) is 21.6. The first-order valence-electron chi connectivity index (χ1n) is 12.3. The third kappa shape index (κ3) is 6.58. The molecule has 0 spiro atoms. The van der Waals surface area contributed by atoms with Gasteiger partial charge in [0, 0.05) is 18.5 Å². The summed E-state index contributed by atoms with van der Waals surface area (Å²) < 4.78 is 53.6. The summed E-state index contributed by atoms with van der Waals surface area (Å²) in [5, 5.41) is 19.6. The predicted octanol–water partition coefficient (Wildman–Crippen LogP) is 4.10. The second-order valence-electron chi connectivity index (χ2n) is 10.2. The smallest absolute Gasteiger partial charge is 0.407 e. The molecule has 0 radical (unpaired) electrons. The van der Waals surface area contributed by atoms with E-state index < -0.39 is 41.9 Å². The Morgan fingerprint density at radius 1 is 1.28 bits per heavy atom. The Balaban J connectivity index is 1.58. The van der Waals surface area contributed by atoms with Crippen LogP contribution in [0.3, 0.4) is 0 Å². The Morgan fingerprint density at radius 3 is 2.64 bits per heavy atom. The number of alkyl halides is 3. The van der Waals surface area contributed by atoms with Crippen LogP contribution in [-0.4, -0.2) is 52.3 Å². The monoisotopic (exact) mass is 546 g/mol. The zero-order valence-corrected chi connectivity index (χ0v) is 21.6. The number of hydrogen-bond acceptors (Lipinski definition) is 8. The molecule has 1 aromatic carbocycles. The van der Waals surface area contributed by atoms with E-state index in [2.05, 4.69) is 26.8 Å². The summed E-state index contributed by atoms with van der Waals surface area (Å²) in [6, 6.07) is 6.83. The van der Waals surface area contributed by atoms with Crippen molar-refractivity contribution in [2.75, 3.05) is 25.1 Å². The SMILES string of the molecule is CC(C)(C)OC(=O)CNC(c1ccc(Nc2nn([C@H]3COCCC3C#N)c3cc[nH]c(=O)c23)cc1)C(F)(F)F. The topological polar surface area (TPSA) is 134 Å². The quantitative estimate of drug-likeness (QED) is 0.377. The number of nitrogens with one attached hydrogen (secondary N) is 3. The fraction of sp³-hybridized carbons (Fsp3) is 0.462. The summed E-state index contributed by atoms with van der Waals surface area (Å²) >= 11 is 0. The number of rotatable bonds is 7. The Morgan fingerprint density at radius 2 is 2.00 bits per heavy atom. The molecule has 0 saturated carbocycles. The van der Waals surface area contributed by atoms with E-state index in [0.29, 0.717) is 24.2 Å². The van der Waals surface area contributed by atoms with E-state index in [4.69, 9.17) is 9.47 Å². The van der Waals surface area contributed by atoms with E-state index >= 15 is 0 Å². The van der Waals surface area contributed by atoms with Crippen LogP contribution >= 0.6 is 0 Å². The first-order chi connectivity index (χ1) is 18.4. The van der Waals surface area contributed by atoms with Crippen LogP contribution in [-0.2, 0) is 14.3 Å². The Labute approximate surface area is 222 Å². The first-order valence-corrected chi connectivity index (χ1v) is 12.3. The van der Waals surface area contributed by atoms with Gasteiger partial charge in [-0.25, -0.2) is 0 Å². The molecule has 1 fully saturated rings. The number of H-pyrrole nitrogens is 1. The third-order valence-electron chi connectivity index (χ3n) is 6.14. The molecule has 13 heteroatoms. The number of carbonyl (C=O) groups is 1. The molecule has 4 rings (SSSR count). The number of benzene rings is 1. The van der Waals surface area contributed by atoms with Gasteiger partial charge in [-0.1, -0.05) is 12.1 Å². The van der Waals surface area contributed by atoms with Crippen molar-refractivity contribution in [3.63, 3.8) is 0 Å². The molecule has 0 bridgehead atoms. The van der Waals surface area contributed by atoms with E-state index in [1.165, 1.54) is 30.5 Å². The Hall–Kier alpha value is -3.89. The van der Waals surface area contributed by atoms with Crippen LogP contribution in [0.2, 0.25) is 0 Å². The van der Waals surface area contributed by atoms with Gasteiger partial charge in [-0.15, -0.1) is 0 Å². The number of aromatic amines is 1. The number of anilines is 2. The standard InChI is InChI=1S/C26H29F3N6O4/c1-25(2,3)39-20(36)13-32-22(26(27,28)29)15-4-6-17(7-5-15)33-23-21-18(8-10-31-24(21)37)35(34-23)19-14-38-11-9-16(19)12-30/h4-8,10,16,19,22,32H,9,11,13-14H2,1-3H3,(H,31,37)(H,33,34)/t16?,19-,22?/m0/s1. The van der Waals surface area contributed by atoms with Crippen LogP contribution in [0.15, 0.2) is 41.3 Å². The van der Waals surface area contributed by atoms with Crippen molar-refractivity contribution in [1.29, 1.82) is 5.26 Å². The molecule has 2 aromatic heterocycles. The van der Waals surface area contributed by atoms with Crippen molar-refractivity contribution in [2.45, 2.75) is 51.1 Å². The highest BCUT2D eigenvalue weighted by Gasteiger charge is 2.41. The zero-order chi connectivity index (χ0) is 28.4. The van der Waals surface area contributed by atoms with Gasteiger partial charge in [0.15, 0.2) is 5.82 Å². The van der Waals surface area contributed by atoms with E-state index in [9.17, 15) is 28.0 Å². The summed E-state index contributed by atoms with van der Waals surface area (Å²) in [5.74, 6) is -0.970. The van der Waals surface area contributed by atoms with E-state index in [-0.39, 0.29) is 29.3 Å². The number of carbonyl (C=O) groups excluding carboxylic acids is 1. The van der Waals surface area contributed by atoms with Gasteiger partial charge in [-0.2, -0.15) is 23.5 Å². The molecule has 2 unspecified atom stereocenters. The van der Waals surface area contributed by atoms with Crippen LogP contribution in [0.1, 0.15) is 44.8 Å². The predicted molar refractivity (Wildman–Crippen MR) is 136 cm³/mol. The molecular weight excluding hydrogens is 517 g/mol. The maximum Gasteiger partial charge on any atom is 0.407 e. The Kier molecular flexibility index (Phi) is 7.99. The van der Waals surface area contributed by atoms with Crippen molar-refractivity contribution in [3.05, 3.63) is 52.4 Å². The summed E-state index contributed by atoms with van der Waals surface area (Å²) in [6.45, 7) is 4.97. The summed E-state index contributed by atoms with van der Waals surface area (Å²) in [4.78, 5) is 27.2. The van der Waals surface area contributed by atoms with Crippen LogP contribution in [0.4, 0.5) is 24.7 Å². The van der Waals surface area contributed by atoms with Crippen LogP contribution in [0.25, 0.3) is 10.9 Å². The number of nitriles is 1. The fourth-order valence-corrected chi connectivity index (χ4v) is 4.44. The molecule has 0 aliphatic carbocycles. The molecule has 10 nitrogen and oxygen atoms in total. The number of pyridine rings is 1. The maximum absolute atomic E-state index is 13.8. The lowest BCUT2D eigenvalue weighted by Gasteiger charge is -2.27. The molecule has 3 aromatic rings. The minimum absolute atomic E-state index is 0.110. The second kappa shape index (κ2) is 11.1. The van der Waals surface area contributed by atoms with Gasteiger partial charge in [-0.05, 0) is 51.0 Å². The maximum atomic E-state index is 13.8. The number of aromatic nitrogens is 3. The minimum Gasteiger partial charge on any atom is -0.459 e. The van der Waals surface area contributed by atoms with Gasteiger partial charge < -0.3 is 19.8 Å². The third-order valence-corrected chi connectivity index (χ3v) is 6.14. The van der Waals surface area contributed by atoms with Crippen molar-refractivity contribution < 1.29 is 27.4 Å². The van der Waals surface area contributed by atoms with Crippen molar-refractivity contribution >= 4 is 28.4 Å². The lowest BCUT2D eigenvalue weighted by atomic mass is 9.96. The molecule has 0 amide bonds. The number of halogens is 3. The highest BCUT2D eigenvalue weighted by atomic mass is 19.4. The number of esters is 1. The van der Waals surface area contributed by atoms with Crippen LogP contribution in [0, 0.1) is 17.2 Å². The minimum atomic E-state index is -4.67. The van der Waals surface area contributed by atoms with E-state index in [1.807, 2.05) is 0 Å².